The highest BCUT2D eigenvalue weighted by Gasteiger charge is 2.10. The maximum atomic E-state index is 10.9. The van der Waals surface area contributed by atoms with E-state index in [1.807, 2.05) is 25.1 Å². The first-order valence-corrected chi connectivity index (χ1v) is 5.37. The predicted octanol–water partition coefficient (Wildman–Crippen LogP) is 2.32. The number of primary amides is 1. The molecule has 0 aromatic heterocycles. The highest BCUT2D eigenvalue weighted by atomic mass is 16.2. The van der Waals surface area contributed by atoms with E-state index in [-0.39, 0.29) is 6.04 Å². The standard InChI is InChI=1S/C12H19N3O/c1-7(2)10-5-4-9(8(3)13)6-11(10)15-12(14)16/h4-8H,13H2,1-3H3,(H3,14,15,16). The van der Waals surface area contributed by atoms with Crippen LogP contribution < -0.4 is 16.8 Å². The Labute approximate surface area is 96.0 Å². The highest BCUT2D eigenvalue weighted by molar-refractivity contribution is 5.89. The first kappa shape index (κ1) is 12.5. The Morgan fingerprint density at radius 3 is 2.38 bits per heavy atom. The highest BCUT2D eigenvalue weighted by Crippen LogP contribution is 2.27. The zero-order chi connectivity index (χ0) is 12.3. The van der Waals surface area contributed by atoms with Crippen LogP contribution in [-0.4, -0.2) is 6.03 Å². The Morgan fingerprint density at radius 2 is 1.94 bits per heavy atom. The van der Waals surface area contributed by atoms with E-state index in [9.17, 15) is 4.79 Å². The molecule has 1 aromatic carbocycles. The van der Waals surface area contributed by atoms with Crippen LogP contribution in [0.1, 0.15) is 43.9 Å². The quantitative estimate of drug-likeness (QED) is 0.732. The lowest BCUT2D eigenvalue weighted by Gasteiger charge is -2.15. The molecule has 2 amide bonds. The third-order valence-electron chi connectivity index (χ3n) is 2.48. The fourth-order valence-corrected chi connectivity index (χ4v) is 1.60. The molecule has 1 atom stereocenters. The van der Waals surface area contributed by atoms with Crippen molar-refractivity contribution in [1.82, 2.24) is 0 Å². The number of amides is 2. The number of nitrogens with one attached hydrogen (secondary N) is 1. The molecule has 5 N–H and O–H groups in total. The predicted molar refractivity (Wildman–Crippen MR) is 66.3 cm³/mol. The molecule has 1 unspecified atom stereocenters. The molecule has 4 heteroatoms. The Hall–Kier alpha value is -1.55. The number of carbonyl (C=O) groups excluding carboxylic acids is 1. The molecule has 0 heterocycles. The zero-order valence-electron chi connectivity index (χ0n) is 9.95. The van der Waals surface area contributed by atoms with Gasteiger partial charge in [0.05, 0.1) is 0 Å². The van der Waals surface area contributed by atoms with Gasteiger partial charge in [-0.15, -0.1) is 0 Å². The van der Waals surface area contributed by atoms with Crippen LogP contribution in [0.25, 0.3) is 0 Å². The smallest absolute Gasteiger partial charge is 0.316 e. The summed E-state index contributed by atoms with van der Waals surface area (Å²) in [5.41, 5.74) is 13.7. The van der Waals surface area contributed by atoms with Crippen molar-refractivity contribution in [1.29, 1.82) is 0 Å². The second-order valence-corrected chi connectivity index (χ2v) is 4.28. The fourth-order valence-electron chi connectivity index (χ4n) is 1.60. The molecule has 0 saturated carbocycles. The topological polar surface area (TPSA) is 81.1 Å². The van der Waals surface area contributed by atoms with E-state index in [2.05, 4.69) is 19.2 Å². The minimum absolute atomic E-state index is 0.0605. The van der Waals surface area contributed by atoms with Gasteiger partial charge in [-0.2, -0.15) is 0 Å². The summed E-state index contributed by atoms with van der Waals surface area (Å²) in [6.07, 6.45) is 0. The van der Waals surface area contributed by atoms with Crippen LogP contribution in [0.2, 0.25) is 0 Å². The zero-order valence-corrected chi connectivity index (χ0v) is 9.95. The summed E-state index contributed by atoms with van der Waals surface area (Å²) in [5.74, 6) is 0.323. The molecular formula is C12H19N3O. The van der Waals surface area contributed by atoms with Gasteiger partial charge in [0.25, 0.3) is 0 Å². The number of hydrogen-bond donors (Lipinski definition) is 3. The maximum absolute atomic E-state index is 10.9. The molecule has 88 valence electrons. The molecule has 0 bridgehead atoms. The SMILES string of the molecule is CC(C)c1ccc(C(C)N)cc1NC(N)=O. The van der Waals surface area contributed by atoms with E-state index >= 15 is 0 Å². The molecule has 1 aromatic rings. The molecule has 1 rings (SSSR count). The molecular weight excluding hydrogens is 202 g/mol. The summed E-state index contributed by atoms with van der Waals surface area (Å²) < 4.78 is 0. The first-order chi connectivity index (χ1) is 7.41. The van der Waals surface area contributed by atoms with E-state index in [4.69, 9.17) is 11.5 Å². The van der Waals surface area contributed by atoms with Gasteiger partial charge in [-0.05, 0) is 30.0 Å². The largest absolute Gasteiger partial charge is 0.351 e. The Kier molecular flexibility index (Phi) is 3.90. The van der Waals surface area contributed by atoms with Crippen LogP contribution in [0.15, 0.2) is 18.2 Å². The van der Waals surface area contributed by atoms with Crippen molar-refractivity contribution in [3.63, 3.8) is 0 Å². The number of urea groups is 1. The van der Waals surface area contributed by atoms with E-state index in [1.54, 1.807) is 0 Å². The van der Waals surface area contributed by atoms with Crippen LogP contribution in [0.4, 0.5) is 10.5 Å². The second kappa shape index (κ2) is 4.99. The van der Waals surface area contributed by atoms with Crippen LogP contribution in [0, 0.1) is 0 Å². The molecule has 16 heavy (non-hydrogen) atoms. The minimum Gasteiger partial charge on any atom is -0.351 e. The molecule has 0 aliphatic heterocycles. The van der Waals surface area contributed by atoms with Gasteiger partial charge in [-0.25, -0.2) is 4.79 Å². The lowest BCUT2D eigenvalue weighted by atomic mass is 9.97. The Balaban J connectivity index is 3.15. The van der Waals surface area contributed by atoms with E-state index in [1.165, 1.54) is 0 Å². The van der Waals surface area contributed by atoms with Crippen molar-refractivity contribution in [3.8, 4) is 0 Å². The maximum Gasteiger partial charge on any atom is 0.316 e. The Morgan fingerprint density at radius 1 is 1.31 bits per heavy atom. The number of anilines is 1. The summed E-state index contributed by atoms with van der Waals surface area (Å²) in [6, 6.07) is 5.23. The molecule has 0 radical (unpaired) electrons. The summed E-state index contributed by atoms with van der Waals surface area (Å²) in [4.78, 5) is 10.9. The molecule has 0 aliphatic carbocycles. The number of benzene rings is 1. The van der Waals surface area contributed by atoms with Gasteiger partial charge >= 0.3 is 6.03 Å². The second-order valence-electron chi connectivity index (χ2n) is 4.28. The van der Waals surface area contributed by atoms with Crippen molar-refractivity contribution in [2.45, 2.75) is 32.7 Å². The minimum atomic E-state index is -0.552. The number of nitrogens with two attached hydrogens (primary N) is 2. The van der Waals surface area contributed by atoms with Gasteiger partial charge in [0.2, 0.25) is 0 Å². The molecule has 4 nitrogen and oxygen atoms in total. The first-order valence-electron chi connectivity index (χ1n) is 5.37. The lowest BCUT2D eigenvalue weighted by Crippen LogP contribution is -2.21. The van der Waals surface area contributed by atoms with Crippen LogP contribution in [0.3, 0.4) is 0 Å². The van der Waals surface area contributed by atoms with E-state index in [0.717, 1.165) is 16.8 Å². The molecule has 0 fully saturated rings. The van der Waals surface area contributed by atoms with Crippen molar-refractivity contribution in [2.24, 2.45) is 11.5 Å². The number of rotatable bonds is 3. The molecule has 0 saturated heterocycles. The van der Waals surface area contributed by atoms with E-state index < -0.39 is 6.03 Å². The number of carbonyl (C=O) groups is 1. The summed E-state index contributed by atoms with van der Waals surface area (Å²) in [5, 5.41) is 2.63. The number of hydrogen-bond acceptors (Lipinski definition) is 2. The Bertz CT molecular complexity index is 386. The monoisotopic (exact) mass is 221 g/mol. The fraction of sp³-hybridized carbons (Fsp3) is 0.417. The normalized spacial score (nSPS) is 12.6. The van der Waals surface area contributed by atoms with Gasteiger partial charge in [-0.1, -0.05) is 26.0 Å². The average molecular weight is 221 g/mol. The third-order valence-corrected chi connectivity index (χ3v) is 2.48. The van der Waals surface area contributed by atoms with Gasteiger partial charge in [-0.3, -0.25) is 0 Å². The van der Waals surface area contributed by atoms with Crippen molar-refractivity contribution in [2.75, 3.05) is 5.32 Å². The van der Waals surface area contributed by atoms with Crippen LogP contribution in [-0.2, 0) is 0 Å². The van der Waals surface area contributed by atoms with Crippen molar-refractivity contribution >= 4 is 11.7 Å². The molecule has 0 spiro atoms. The summed E-state index contributed by atoms with van der Waals surface area (Å²) in [6.45, 7) is 6.03. The summed E-state index contributed by atoms with van der Waals surface area (Å²) >= 11 is 0. The van der Waals surface area contributed by atoms with Crippen LogP contribution >= 0.6 is 0 Å². The van der Waals surface area contributed by atoms with E-state index in [0.29, 0.717) is 5.92 Å². The van der Waals surface area contributed by atoms with Crippen molar-refractivity contribution < 1.29 is 4.79 Å². The van der Waals surface area contributed by atoms with Gasteiger partial charge in [0.1, 0.15) is 0 Å². The van der Waals surface area contributed by atoms with Crippen LogP contribution in [0.5, 0.6) is 0 Å². The summed E-state index contributed by atoms with van der Waals surface area (Å²) in [7, 11) is 0. The van der Waals surface area contributed by atoms with Gasteiger partial charge in [0.15, 0.2) is 0 Å². The third kappa shape index (κ3) is 2.97. The van der Waals surface area contributed by atoms with Crippen molar-refractivity contribution in [3.05, 3.63) is 29.3 Å². The lowest BCUT2D eigenvalue weighted by molar-refractivity contribution is 0.259. The molecule has 0 aliphatic rings. The average Bonchev–Trinajstić information content (AvgIpc) is 2.15. The van der Waals surface area contributed by atoms with Gasteiger partial charge in [0, 0.05) is 11.7 Å². The van der Waals surface area contributed by atoms with Gasteiger partial charge < -0.3 is 16.8 Å².